The molecule has 1 aliphatic heterocycles. The molecular formula is C18H28N2O4S. The highest BCUT2D eigenvalue weighted by Gasteiger charge is 2.23. The van der Waals surface area contributed by atoms with Gasteiger partial charge >= 0.3 is 0 Å². The van der Waals surface area contributed by atoms with E-state index in [-0.39, 0.29) is 24.1 Å². The molecule has 6 nitrogen and oxygen atoms in total. The number of nitrogens with zero attached hydrogens (tertiary/aromatic N) is 1. The first kappa shape index (κ1) is 19.7. The third-order valence-corrected chi connectivity index (χ3v) is 6.44. The van der Waals surface area contributed by atoms with Crippen LogP contribution < -0.4 is 10.1 Å². The Morgan fingerprint density at radius 2 is 1.84 bits per heavy atom. The number of hydrogen-bond donors (Lipinski definition) is 1. The second kappa shape index (κ2) is 9.20. The standard InChI is InChI=1S/C18H28N2O4S/c1-15(16-6-8-17(24-2)9-7-16)14-18(21)19-10-13-25(22,23)20-11-4-3-5-12-20/h6-9,15H,3-5,10-14H2,1-2H3,(H,19,21). The molecule has 140 valence electrons. The van der Waals surface area contributed by atoms with Gasteiger partial charge in [-0.2, -0.15) is 0 Å². The fourth-order valence-corrected chi connectivity index (χ4v) is 4.42. The molecule has 0 aliphatic carbocycles. The summed E-state index contributed by atoms with van der Waals surface area (Å²) in [6, 6.07) is 7.62. The number of sulfonamides is 1. The zero-order valence-electron chi connectivity index (χ0n) is 15.0. The van der Waals surface area contributed by atoms with E-state index in [2.05, 4.69) is 5.32 Å². The van der Waals surface area contributed by atoms with Crippen molar-refractivity contribution in [3.8, 4) is 5.75 Å². The maximum atomic E-state index is 12.2. The minimum atomic E-state index is -3.26. The zero-order chi connectivity index (χ0) is 18.3. The van der Waals surface area contributed by atoms with Crippen LogP contribution in [0.2, 0.25) is 0 Å². The van der Waals surface area contributed by atoms with Crippen LogP contribution in [0.1, 0.15) is 44.1 Å². The molecule has 0 saturated carbocycles. The van der Waals surface area contributed by atoms with Crippen LogP contribution in [0.25, 0.3) is 0 Å². The molecule has 25 heavy (non-hydrogen) atoms. The minimum Gasteiger partial charge on any atom is -0.497 e. The van der Waals surface area contributed by atoms with Gasteiger partial charge in [-0.05, 0) is 36.5 Å². The maximum absolute atomic E-state index is 12.2. The molecule has 1 aromatic carbocycles. The van der Waals surface area contributed by atoms with Crippen LogP contribution in [0, 0.1) is 0 Å². The lowest BCUT2D eigenvalue weighted by Crippen LogP contribution is -2.40. The number of rotatable bonds is 8. The fraction of sp³-hybridized carbons (Fsp3) is 0.611. The van der Waals surface area contributed by atoms with Crippen LogP contribution in [-0.4, -0.2) is 51.1 Å². The van der Waals surface area contributed by atoms with Crippen LogP contribution in [-0.2, 0) is 14.8 Å². The summed E-state index contributed by atoms with van der Waals surface area (Å²) >= 11 is 0. The van der Waals surface area contributed by atoms with Crippen LogP contribution >= 0.6 is 0 Å². The van der Waals surface area contributed by atoms with Crippen molar-refractivity contribution in [2.75, 3.05) is 32.5 Å². The summed E-state index contributed by atoms with van der Waals surface area (Å²) in [5, 5.41) is 2.73. The van der Waals surface area contributed by atoms with Crippen molar-refractivity contribution >= 4 is 15.9 Å². The smallest absolute Gasteiger partial charge is 0.220 e. The number of hydrogen-bond acceptors (Lipinski definition) is 4. The Bertz CT molecular complexity index is 652. The SMILES string of the molecule is COc1ccc(C(C)CC(=O)NCCS(=O)(=O)N2CCCCC2)cc1. The molecule has 1 atom stereocenters. The molecule has 1 heterocycles. The lowest BCUT2D eigenvalue weighted by Gasteiger charge is -2.25. The second-order valence-electron chi connectivity index (χ2n) is 6.50. The van der Waals surface area contributed by atoms with Crippen LogP contribution in [0.15, 0.2) is 24.3 Å². The Balaban J connectivity index is 1.75. The summed E-state index contributed by atoms with van der Waals surface area (Å²) in [6.07, 6.45) is 3.26. The van der Waals surface area contributed by atoms with Gasteiger partial charge in [-0.25, -0.2) is 12.7 Å². The van der Waals surface area contributed by atoms with Gasteiger partial charge in [0, 0.05) is 26.1 Å². The predicted octanol–water partition coefficient (Wildman–Crippen LogP) is 2.12. The van der Waals surface area contributed by atoms with Gasteiger partial charge in [-0.15, -0.1) is 0 Å². The van der Waals surface area contributed by atoms with E-state index in [1.165, 1.54) is 0 Å². The van der Waals surface area contributed by atoms with Crippen molar-refractivity contribution in [1.29, 1.82) is 0 Å². The second-order valence-corrected chi connectivity index (χ2v) is 8.59. The summed E-state index contributed by atoms with van der Waals surface area (Å²) in [5.74, 6) is 0.681. The van der Waals surface area contributed by atoms with Gasteiger partial charge in [-0.3, -0.25) is 4.79 Å². The topological polar surface area (TPSA) is 75.7 Å². The van der Waals surface area contributed by atoms with Crippen LogP contribution in [0.3, 0.4) is 0 Å². The molecule has 0 bridgehead atoms. The van der Waals surface area contributed by atoms with E-state index >= 15 is 0 Å². The molecule has 0 radical (unpaired) electrons. The first-order valence-electron chi connectivity index (χ1n) is 8.81. The van der Waals surface area contributed by atoms with Gasteiger partial charge in [0.1, 0.15) is 5.75 Å². The van der Waals surface area contributed by atoms with Crippen molar-refractivity contribution in [3.63, 3.8) is 0 Å². The molecule has 1 fully saturated rings. The number of ether oxygens (including phenoxy) is 1. The highest BCUT2D eigenvalue weighted by atomic mass is 32.2. The van der Waals surface area contributed by atoms with Crippen molar-refractivity contribution in [2.45, 2.75) is 38.5 Å². The molecule has 1 aromatic rings. The number of carbonyl (C=O) groups is 1. The predicted molar refractivity (Wildman–Crippen MR) is 98.2 cm³/mol. The lowest BCUT2D eigenvalue weighted by atomic mass is 9.97. The molecule has 1 amide bonds. The molecule has 2 rings (SSSR count). The van der Waals surface area contributed by atoms with E-state index in [4.69, 9.17) is 4.74 Å². The highest BCUT2D eigenvalue weighted by Crippen LogP contribution is 2.21. The monoisotopic (exact) mass is 368 g/mol. The van der Waals surface area contributed by atoms with E-state index in [9.17, 15) is 13.2 Å². The van der Waals surface area contributed by atoms with E-state index < -0.39 is 10.0 Å². The van der Waals surface area contributed by atoms with E-state index in [0.29, 0.717) is 19.5 Å². The minimum absolute atomic E-state index is 0.0321. The quantitative estimate of drug-likeness (QED) is 0.763. The number of amides is 1. The maximum Gasteiger partial charge on any atom is 0.220 e. The Morgan fingerprint density at radius 1 is 1.20 bits per heavy atom. The summed E-state index contributed by atoms with van der Waals surface area (Å²) in [4.78, 5) is 12.1. The summed E-state index contributed by atoms with van der Waals surface area (Å²) in [5.41, 5.74) is 1.05. The molecule has 0 aromatic heterocycles. The summed E-state index contributed by atoms with van der Waals surface area (Å²) in [6.45, 7) is 3.34. The summed E-state index contributed by atoms with van der Waals surface area (Å²) < 4.78 is 31.1. The average Bonchev–Trinajstić information content (AvgIpc) is 2.62. The van der Waals surface area contributed by atoms with Gasteiger partial charge in [-0.1, -0.05) is 25.5 Å². The van der Waals surface area contributed by atoms with Gasteiger partial charge in [0.05, 0.1) is 12.9 Å². The average molecular weight is 368 g/mol. The zero-order valence-corrected chi connectivity index (χ0v) is 15.8. The number of piperidine rings is 1. The van der Waals surface area contributed by atoms with E-state index in [1.807, 2.05) is 31.2 Å². The lowest BCUT2D eigenvalue weighted by molar-refractivity contribution is -0.121. The number of carbonyl (C=O) groups excluding carboxylic acids is 1. The molecule has 7 heteroatoms. The molecule has 0 spiro atoms. The molecule has 1 aliphatic rings. The van der Waals surface area contributed by atoms with Gasteiger partial charge < -0.3 is 10.1 Å². The first-order chi connectivity index (χ1) is 11.9. The highest BCUT2D eigenvalue weighted by molar-refractivity contribution is 7.89. The number of methoxy groups -OCH3 is 1. The van der Waals surface area contributed by atoms with Gasteiger partial charge in [0.15, 0.2) is 0 Å². The fourth-order valence-electron chi connectivity index (χ4n) is 2.99. The first-order valence-corrected chi connectivity index (χ1v) is 10.4. The Hall–Kier alpha value is -1.60. The Kier molecular flexibility index (Phi) is 7.25. The molecule has 1 saturated heterocycles. The van der Waals surface area contributed by atoms with E-state index in [1.54, 1.807) is 11.4 Å². The largest absolute Gasteiger partial charge is 0.497 e. The van der Waals surface area contributed by atoms with Crippen molar-refractivity contribution in [1.82, 2.24) is 9.62 Å². The Morgan fingerprint density at radius 3 is 2.44 bits per heavy atom. The normalized spacial score (nSPS) is 17.0. The van der Waals surface area contributed by atoms with Crippen molar-refractivity contribution in [3.05, 3.63) is 29.8 Å². The van der Waals surface area contributed by atoms with Crippen LogP contribution in [0.5, 0.6) is 5.75 Å². The van der Waals surface area contributed by atoms with Gasteiger partial charge in [0.25, 0.3) is 0 Å². The van der Waals surface area contributed by atoms with Gasteiger partial charge in [0.2, 0.25) is 15.9 Å². The summed E-state index contributed by atoms with van der Waals surface area (Å²) in [7, 11) is -1.65. The molecule has 1 unspecified atom stereocenters. The number of benzene rings is 1. The number of nitrogens with one attached hydrogen (secondary N) is 1. The Labute approximate surface area is 150 Å². The molecule has 1 N–H and O–H groups in total. The van der Waals surface area contributed by atoms with Crippen molar-refractivity contribution < 1.29 is 17.9 Å². The van der Waals surface area contributed by atoms with E-state index in [0.717, 1.165) is 30.6 Å². The third-order valence-electron chi connectivity index (χ3n) is 4.57. The third kappa shape index (κ3) is 6.01. The molecular weight excluding hydrogens is 340 g/mol. The van der Waals surface area contributed by atoms with Crippen LogP contribution in [0.4, 0.5) is 0 Å². The van der Waals surface area contributed by atoms with Crippen molar-refractivity contribution in [2.24, 2.45) is 0 Å².